The topological polar surface area (TPSA) is 30.5 Å². The van der Waals surface area contributed by atoms with Gasteiger partial charge in [-0.05, 0) is 25.8 Å². The Bertz CT molecular complexity index is 194. The van der Waals surface area contributed by atoms with Gasteiger partial charge in [-0.3, -0.25) is 0 Å². The summed E-state index contributed by atoms with van der Waals surface area (Å²) in [5.41, 5.74) is 0. The number of hydrogen-bond donors (Lipinski definition) is 1. The molecule has 1 saturated heterocycles. The maximum absolute atomic E-state index is 6.13. The van der Waals surface area contributed by atoms with Gasteiger partial charge in [0.05, 0.1) is 19.3 Å². The molecule has 0 bridgehead atoms. The van der Waals surface area contributed by atoms with E-state index in [9.17, 15) is 0 Å². The molecule has 0 amide bonds. The number of ether oxygens (including phenoxy) is 2. The van der Waals surface area contributed by atoms with Crippen molar-refractivity contribution in [2.45, 2.75) is 63.7 Å². The average molecular weight is 227 g/mol. The summed E-state index contributed by atoms with van der Waals surface area (Å²) in [7, 11) is 0. The van der Waals surface area contributed by atoms with E-state index in [0.29, 0.717) is 18.2 Å². The van der Waals surface area contributed by atoms with Crippen LogP contribution >= 0.6 is 0 Å². The van der Waals surface area contributed by atoms with Crippen molar-refractivity contribution in [1.82, 2.24) is 5.32 Å². The van der Waals surface area contributed by atoms with Crippen LogP contribution in [-0.2, 0) is 9.47 Å². The van der Waals surface area contributed by atoms with Crippen molar-refractivity contribution >= 4 is 0 Å². The van der Waals surface area contributed by atoms with Gasteiger partial charge in [0.15, 0.2) is 0 Å². The summed E-state index contributed by atoms with van der Waals surface area (Å²) in [5.74, 6) is 0. The van der Waals surface area contributed by atoms with Crippen LogP contribution in [0.4, 0.5) is 0 Å². The third-order valence-corrected chi connectivity index (χ3v) is 3.58. The van der Waals surface area contributed by atoms with Gasteiger partial charge in [-0.15, -0.1) is 0 Å². The van der Waals surface area contributed by atoms with Gasteiger partial charge in [-0.1, -0.05) is 26.2 Å². The standard InChI is InChI=1S/C13H25NO2/c1-2-8-14-12-6-4-3-5-7-13(12)16-11-9-15-10-11/h11-14H,2-10H2,1H3. The number of hydrogen-bond acceptors (Lipinski definition) is 3. The van der Waals surface area contributed by atoms with Gasteiger partial charge < -0.3 is 14.8 Å². The fraction of sp³-hybridized carbons (Fsp3) is 1.00. The molecule has 0 aromatic heterocycles. The van der Waals surface area contributed by atoms with E-state index in [1.165, 1.54) is 38.5 Å². The second kappa shape index (κ2) is 6.58. The van der Waals surface area contributed by atoms with Crippen LogP contribution in [0.3, 0.4) is 0 Å². The highest BCUT2D eigenvalue weighted by Gasteiger charge is 2.29. The Balaban J connectivity index is 1.81. The molecule has 2 unspecified atom stereocenters. The van der Waals surface area contributed by atoms with Crippen LogP contribution in [0.25, 0.3) is 0 Å². The lowest BCUT2D eigenvalue weighted by Gasteiger charge is -2.34. The van der Waals surface area contributed by atoms with Crippen molar-refractivity contribution in [2.24, 2.45) is 0 Å². The van der Waals surface area contributed by atoms with Crippen LogP contribution in [0.2, 0.25) is 0 Å². The van der Waals surface area contributed by atoms with Crippen LogP contribution in [0.5, 0.6) is 0 Å². The zero-order chi connectivity index (χ0) is 11.2. The van der Waals surface area contributed by atoms with Gasteiger partial charge in [0.2, 0.25) is 0 Å². The summed E-state index contributed by atoms with van der Waals surface area (Å²) >= 11 is 0. The van der Waals surface area contributed by atoms with E-state index in [1.54, 1.807) is 0 Å². The van der Waals surface area contributed by atoms with Crippen molar-refractivity contribution in [2.75, 3.05) is 19.8 Å². The van der Waals surface area contributed by atoms with Crippen molar-refractivity contribution < 1.29 is 9.47 Å². The van der Waals surface area contributed by atoms with E-state index in [0.717, 1.165) is 19.8 Å². The molecule has 0 aromatic rings. The molecule has 16 heavy (non-hydrogen) atoms. The van der Waals surface area contributed by atoms with Gasteiger partial charge in [0, 0.05) is 6.04 Å². The van der Waals surface area contributed by atoms with E-state index in [2.05, 4.69) is 12.2 Å². The number of nitrogens with one attached hydrogen (secondary N) is 1. The highest BCUT2D eigenvalue weighted by Crippen LogP contribution is 2.23. The van der Waals surface area contributed by atoms with Crippen LogP contribution in [0.15, 0.2) is 0 Å². The smallest absolute Gasteiger partial charge is 0.105 e. The summed E-state index contributed by atoms with van der Waals surface area (Å²) < 4.78 is 11.3. The Morgan fingerprint density at radius 1 is 1.19 bits per heavy atom. The summed E-state index contributed by atoms with van der Waals surface area (Å²) in [5, 5.41) is 3.65. The first-order chi connectivity index (χ1) is 7.90. The minimum atomic E-state index is 0.369. The van der Waals surface area contributed by atoms with E-state index in [-0.39, 0.29) is 0 Å². The molecule has 2 fully saturated rings. The maximum atomic E-state index is 6.13. The predicted molar refractivity (Wildman–Crippen MR) is 64.6 cm³/mol. The zero-order valence-corrected chi connectivity index (χ0v) is 10.4. The Kier molecular flexibility index (Phi) is 5.07. The van der Waals surface area contributed by atoms with Crippen molar-refractivity contribution in [3.05, 3.63) is 0 Å². The van der Waals surface area contributed by atoms with Gasteiger partial charge >= 0.3 is 0 Å². The van der Waals surface area contributed by atoms with Crippen molar-refractivity contribution in [3.63, 3.8) is 0 Å². The fourth-order valence-corrected chi connectivity index (χ4v) is 2.54. The van der Waals surface area contributed by atoms with Crippen LogP contribution < -0.4 is 5.32 Å². The predicted octanol–water partition coefficient (Wildman–Crippen LogP) is 2.10. The van der Waals surface area contributed by atoms with E-state index >= 15 is 0 Å². The van der Waals surface area contributed by atoms with Crippen LogP contribution in [0, 0.1) is 0 Å². The Morgan fingerprint density at radius 2 is 2.00 bits per heavy atom. The zero-order valence-electron chi connectivity index (χ0n) is 10.4. The third-order valence-electron chi connectivity index (χ3n) is 3.58. The molecule has 94 valence electrons. The average Bonchev–Trinajstić information content (AvgIpc) is 2.45. The lowest BCUT2D eigenvalue weighted by Crippen LogP contribution is -2.47. The molecule has 0 spiro atoms. The summed E-state index contributed by atoms with van der Waals surface area (Å²) in [6.07, 6.45) is 8.53. The molecular formula is C13H25NO2. The second-order valence-electron chi connectivity index (χ2n) is 5.03. The van der Waals surface area contributed by atoms with Gasteiger partial charge in [0.1, 0.15) is 6.10 Å². The maximum Gasteiger partial charge on any atom is 0.105 e. The largest absolute Gasteiger partial charge is 0.376 e. The highest BCUT2D eigenvalue weighted by molar-refractivity contribution is 4.82. The lowest BCUT2D eigenvalue weighted by atomic mass is 10.1. The summed E-state index contributed by atoms with van der Waals surface area (Å²) in [6.45, 7) is 4.94. The monoisotopic (exact) mass is 227 g/mol. The lowest BCUT2D eigenvalue weighted by molar-refractivity contribution is -0.161. The quantitative estimate of drug-likeness (QED) is 0.730. The molecule has 2 rings (SSSR count). The second-order valence-corrected chi connectivity index (χ2v) is 5.03. The first kappa shape index (κ1) is 12.3. The molecule has 1 aliphatic carbocycles. The van der Waals surface area contributed by atoms with Crippen LogP contribution in [-0.4, -0.2) is 38.0 Å². The van der Waals surface area contributed by atoms with Gasteiger partial charge in [0.25, 0.3) is 0 Å². The van der Waals surface area contributed by atoms with Gasteiger partial charge in [-0.2, -0.15) is 0 Å². The first-order valence-corrected chi connectivity index (χ1v) is 6.86. The third kappa shape index (κ3) is 3.44. The molecule has 0 aromatic carbocycles. The molecule has 2 aliphatic rings. The molecule has 2 atom stereocenters. The Morgan fingerprint density at radius 3 is 2.69 bits per heavy atom. The van der Waals surface area contributed by atoms with E-state index in [4.69, 9.17) is 9.47 Å². The SMILES string of the molecule is CCCNC1CCCCCC1OC1COC1. The Labute approximate surface area is 98.9 Å². The Hall–Kier alpha value is -0.120. The number of rotatable bonds is 5. The highest BCUT2D eigenvalue weighted by atomic mass is 16.6. The van der Waals surface area contributed by atoms with Gasteiger partial charge in [-0.25, -0.2) is 0 Å². The summed E-state index contributed by atoms with van der Waals surface area (Å²) in [4.78, 5) is 0. The first-order valence-electron chi connectivity index (χ1n) is 6.86. The molecule has 1 heterocycles. The summed E-state index contributed by atoms with van der Waals surface area (Å²) in [6, 6.07) is 0.572. The minimum absolute atomic E-state index is 0.369. The molecule has 3 heteroatoms. The van der Waals surface area contributed by atoms with Crippen molar-refractivity contribution in [1.29, 1.82) is 0 Å². The normalized spacial score (nSPS) is 32.1. The molecular weight excluding hydrogens is 202 g/mol. The molecule has 1 aliphatic heterocycles. The van der Waals surface area contributed by atoms with Crippen molar-refractivity contribution in [3.8, 4) is 0 Å². The van der Waals surface area contributed by atoms with Crippen LogP contribution in [0.1, 0.15) is 45.4 Å². The minimum Gasteiger partial charge on any atom is -0.376 e. The van der Waals surface area contributed by atoms with E-state index in [1.807, 2.05) is 0 Å². The fourth-order valence-electron chi connectivity index (χ4n) is 2.54. The molecule has 3 nitrogen and oxygen atoms in total. The van der Waals surface area contributed by atoms with E-state index < -0.39 is 0 Å². The molecule has 1 N–H and O–H groups in total. The molecule has 0 radical (unpaired) electrons. The molecule has 1 saturated carbocycles.